The number of hydrogen-bond donors (Lipinski definition) is 1. The Morgan fingerprint density at radius 3 is 2.25 bits per heavy atom. The van der Waals surface area contributed by atoms with Crippen molar-refractivity contribution in [3.05, 3.63) is 0 Å². The van der Waals surface area contributed by atoms with Gasteiger partial charge in [0.05, 0.1) is 5.75 Å². The Balaban J connectivity index is 2.49. The van der Waals surface area contributed by atoms with Gasteiger partial charge in [0.15, 0.2) is 0 Å². The Kier molecular flexibility index (Phi) is 4.69. The maximum atomic E-state index is 11.6. The number of nitrogens with two attached hydrogens (primary N) is 1. The van der Waals surface area contributed by atoms with Crippen LogP contribution in [0.15, 0.2) is 0 Å². The van der Waals surface area contributed by atoms with Crippen LogP contribution < -0.4 is 5.73 Å². The molecule has 0 aliphatic carbocycles. The van der Waals surface area contributed by atoms with Crippen molar-refractivity contribution in [2.45, 2.75) is 13.3 Å². The zero-order valence-corrected chi connectivity index (χ0v) is 10.4. The normalized spacial score (nSPS) is 18.8. The Labute approximate surface area is 96.4 Å². The van der Waals surface area contributed by atoms with Gasteiger partial charge in [0.2, 0.25) is 15.9 Å². The lowest BCUT2D eigenvalue weighted by Crippen LogP contribution is -2.51. The van der Waals surface area contributed by atoms with Crippen molar-refractivity contribution < 1.29 is 13.2 Å². The first kappa shape index (κ1) is 13.4. The molecule has 94 valence electrons. The van der Waals surface area contributed by atoms with Crippen molar-refractivity contribution >= 4 is 15.9 Å². The van der Waals surface area contributed by atoms with Crippen molar-refractivity contribution in [2.24, 2.45) is 5.73 Å². The number of nitrogens with zero attached hydrogens (tertiary/aromatic N) is 2. The van der Waals surface area contributed by atoms with E-state index < -0.39 is 10.0 Å². The van der Waals surface area contributed by atoms with E-state index in [4.69, 9.17) is 5.73 Å². The van der Waals surface area contributed by atoms with E-state index >= 15 is 0 Å². The second-order valence-electron chi connectivity index (χ2n) is 3.72. The van der Waals surface area contributed by atoms with E-state index in [0.717, 1.165) is 0 Å². The molecule has 1 fully saturated rings. The molecule has 1 amide bonds. The maximum absolute atomic E-state index is 11.6. The molecule has 0 unspecified atom stereocenters. The van der Waals surface area contributed by atoms with E-state index in [2.05, 4.69) is 0 Å². The lowest BCUT2D eigenvalue weighted by atomic mass is 10.3. The standard InChI is InChI=1S/C9H19N3O3S/c1-2-16(14,15)12-7-5-11(6-8-12)9(13)3-4-10/h2-8,10H2,1H3. The molecule has 1 aliphatic rings. The summed E-state index contributed by atoms with van der Waals surface area (Å²) < 4.78 is 24.6. The van der Waals surface area contributed by atoms with Gasteiger partial charge in [-0.1, -0.05) is 0 Å². The summed E-state index contributed by atoms with van der Waals surface area (Å²) in [5, 5.41) is 0. The second kappa shape index (κ2) is 5.60. The van der Waals surface area contributed by atoms with Crippen molar-refractivity contribution in [3.8, 4) is 0 Å². The van der Waals surface area contributed by atoms with E-state index in [9.17, 15) is 13.2 Å². The predicted octanol–water partition coefficient (Wildman–Crippen LogP) is -1.17. The van der Waals surface area contributed by atoms with Crippen LogP contribution in [0.5, 0.6) is 0 Å². The average molecular weight is 249 g/mol. The van der Waals surface area contributed by atoms with E-state index in [0.29, 0.717) is 39.1 Å². The van der Waals surface area contributed by atoms with Crippen LogP contribution in [-0.2, 0) is 14.8 Å². The third kappa shape index (κ3) is 3.16. The summed E-state index contributed by atoms with van der Waals surface area (Å²) >= 11 is 0. The smallest absolute Gasteiger partial charge is 0.223 e. The van der Waals surface area contributed by atoms with Crippen LogP contribution in [0.2, 0.25) is 0 Å². The molecule has 7 heteroatoms. The fourth-order valence-corrected chi connectivity index (χ4v) is 2.76. The summed E-state index contributed by atoms with van der Waals surface area (Å²) in [6.07, 6.45) is 0.334. The molecular weight excluding hydrogens is 230 g/mol. The quantitative estimate of drug-likeness (QED) is 0.680. The summed E-state index contributed by atoms with van der Waals surface area (Å²) in [4.78, 5) is 13.2. The highest BCUT2D eigenvalue weighted by Crippen LogP contribution is 2.08. The number of sulfonamides is 1. The molecule has 1 rings (SSSR count). The number of amides is 1. The number of carbonyl (C=O) groups is 1. The zero-order chi connectivity index (χ0) is 12.2. The van der Waals surface area contributed by atoms with Crippen LogP contribution in [0.3, 0.4) is 0 Å². The third-order valence-electron chi connectivity index (χ3n) is 2.71. The van der Waals surface area contributed by atoms with Crippen LogP contribution in [0, 0.1) is 0 Å². The summed E-state index contributed by atoms with van der Waals surface area (Å²) in [5.41, 5.74) is 5.30. The zero-order valence-electron chi connectivity index (χ0n) is 9.55. The van der Waals surface area contributed by atoms with Crippen LogP contribution in [-0.4, -0.2) is 62.0 Å². The van der Waals surface area contributed by atoms with Crippen LogP contribution >= 0.6 is 0 Å². The van der Waals surface area contributed by atoms with E-state index in [1.165, 1.54) is 4.31 Å². The molecule has 0 saturated carbocycles. The van der Waals surface area contributed by atoms with Gasteiger partial charge in [-0.25, -0.2) is 8.42 Å². The van der Waals surface area contributed by atoms with E-state index in [1.54, 1.807) is 11.8 Å². The molecule has 0 aromatic heterocycles. The average Bonchev–Trinajstić information content (AvgIpc) is 2.29. The fraction of sp³-hybridized carbons (Fsp3) is 0.889. The highest BCUT2D eigenvalue weighted by molar-refractivity contribution is 7.89. The van der Waals surface area contributed by atoms with Gasteiger partial charge in [0.1, 0.15) is 0 Å². The van der Waals surface area contributed by atoms with Gasteiger partial charge in [0.25, 0.3) is 0 Å². The summed E-state index contributed by atoms with van der Waals surface area (Å²) in [5.74, 6) is 0.125. The molecule has 0 aromatic rings. The SMILES string of the molecule is CCS(=O)(=O)N1CCN(C(=O)CCN)CC1. The van der Waals surface area contributed by atoms with Gasteiger partial charge in [-0.2, -0.15) is 4.31 Å². The number of rotatable bonds is 4. The lowest BCUT2D eigenvalue weighted by Gasteiger charge is -2.33. The Morgan fingerprint density at radius 1 is 1.25 bits per heavy atom. The molecule has 0 aromatic carbocycles. The fourth-order valence-electron chi connectivity index (χ4n) is 1.68. The molecule has 16 heavy (non-hydrogen) atoms. The van der Waals surface area contributed by atoms with Gasteiger partial charge in [-0.3, -0.25) is 4.79 Å². The minimum absolute atomic E-state index is 0.0102. The van der Waals surface area contributed by atoms with Crippen LogP contribution in [0.25, 0.3) is 0 Å². The van der Waals surface area contributed by atoms with Crippen molar-refractivity contribution in [1.29, 1.82) is 0 Å². The number of piperazine rings is 1. The Hall–Kier alpha value is -0.660. The first-order valence-electron chi connectivity index (χ1n) is 5.47. The molecule has 0 spiro atoms. The minimum Gasteiger partial charge on any atom is -0.340 e. The number of carbonyl (C=O) groups excluding carboxylic acids is 1. The predicted molar refractivity (Wildman–Crippen MR) is 61.3 cm³/mol. The molecule has 2 N–H and O–H groups in total. The largest absolute Gasteiger partial charge is 0.340 e. The van der Waals surface area contributed by atoms with Crippen molar-refractivity contribution in [1.82, 2.24) is 9.21 Å². The van der Waals surface area contributed by atoms with E-state index in [-0.39, 0.29) is 11.7 Å². The molecule has 0 atom stereocenters. The van der Waals surface area contributed by atoms with Gasteiger partial charge in [-0.05, 0) is 6.92 Å². The van der Waals surface area contributed by atoms with Crippen LogP contribution in [0.4, 0.5) is 0 Å². The molecule has 0 radical (unpaired) electrons. The topological polar surface area (TPSA) is 83.7 Å². The molecule has 1 aliphatic heterocycles. The number of hydrogen-bond acceptors (Lipinski definition) is 4. The van der Waals surface area contributed by atoms with Crippen molar-refractivity contribution in [3.63, 3.8) is 0 Å². The Morgan fingerprint density at radius 2 is 1.81 bits per heavy atom. The lowest BCUT2D eigenvalue weighted by molar-refractivity contribution is -0.132. The van der Waals surface area contributed by atoms with Crippen LogP contribution in [0.1, 0.15) is 13.3 Å². The first-order valence-corrected chi connectivity index (χ1v) is 7.08. The second-order valence-corrected chi connectivity index (χ2v) is 5.98. The third-order valence-corrected chi connectivity index (χ3v) is 4.59. The highest BCUT2D eigenvalue weighted by atomic mass is 32.2. The van der Waals surface area contributed by atoms with Crippen molar-refractivity contribution in [2.75, 3.05) is 38.5 Å². The minimum atomic E-state index is -3.11. The monoisotopic (exact) mass is 249 g/mol. The summed E-state index contributed by atoms with van der Waals surface area (Å²) in [6, 6.07) is 0. The molecule has 1 heterocycles. The highest BCUT2D eigenvalue weighted by Gasteiger charge is 2.26. The molecular formula is C9H19N3O3S. The molecule has 0 bridgehead atoms. The molecule has 1 saturated heterocycles. The van der Waals surface area contributed by atoms with Gasteiger partial charge < -0.3 is 10.6 Å². The molecule has 6 nitrogen and oxygen atoms in total. The van der Waals surface area contributed by atoms with E-state index in [1.807, 2.05) is 0 Å². The maximum Gasteiger partial charge on any atom is 0.223 e. The van der Waals surface area contributed by atoms with Gasteiger partial charge in [0, 0.05) is 39.1 Å². The Bertz CT molecular complexity index is 334. The first-order chi connectivity index (χ1) is 7.51. The summed E-state index contributed by atoms with van der Waals surface area (Å²) in [7, 11) is -3.11. The van der Waals surface area contributed by atoms with Gasteiger partial charge >= 0.3 is 0 Å². The van der Waals surface area contributed by atoms with Gasteiger partial charge in [-0.15, -0.1) is 0 Å². The summed E-state index contributed by atoms with van der Waals surface area (Å²) in [6.45, 7) is 3.70.